The van der Waals surface area contributed by atoms with Gasteiger partial charge >= 0.3 is 0 Å². The van der Waals surface area contributed by atoms with Crippen LogP contribution >= 0.6 is 22.6 Å². The van der Waals surface area contributed by atoms with E-state index in [1.165, 1.54) is 5.56 Å². The Bertz CT molecular complexity index is 677. The molecule has 2 nitrogen and oxygen atoms in total. The fourth-order valence-corrected chi connectivity index (χ4v) is 2.69. The minimum absolute atomic E-state index is 0.0969. The molecule has 1 amide bonds. The fourth-order valence-electron chi connectivity index (χ4n) is 2.06. The van der Waals surface area contributed by atoms with Gasteiger partial charge in [0.2, 0.25) is 0 Å². The van der Waals surface area contributed by atoms with E-state index in [1.54, 1.807) is 6.08 Å². The lowest BCUT2D eigenvalue weighted by atomic mass is 9.99. The second kappa shape index (κ2) is 6.89. The number of nitrogens with one attached hydrogen (secondary N) is 1. The fraction of sp³-hybridized carbons (Fsp3) is 0.167. The summed E-state index contributed by atoms with van der Waals surface area (Å²) in [4.78, 5) is 12.4. The molecule has 0 heterocycles. The summed E-state index contributed by atoms with van der Waals surface area (Å²) in [5, 5.41) is 2.97. The van der Waals surface area contributed by atoms with Gasteiger partial charge in [-0.25, -0.2) is 0 Å². The van der Waals surface area contributed by atoms with Gasteiger partial charge in [0.05, 0.1) is 5.56 Å². The molecule has 0 unspecified atom stereocenters. The number of carbonyl (C=O) groups excluding carboxylic acids is 1. The molecule has 0 fully saturated rings. The summed E-state index contributed by atoms with van der Waals surface area (Å²) in [7, 11) is 0. The van der Waals surface area contributed by atoms with Crippen molar-refractivity contribution in [2.24, 2.45) is 0 Å². The topological polar surface area (TPSA) is 29.1 Å². The summed E-state index contributed by atoms with van der Waals surface area (Å²) in [5.41, 5.74) is 3.65. The van der Waals surface area contributed by atoms with Crippen LogP contribution in [0.15, 0.2) is 49.0 Å². The normalized spacial score (nSPS) is 10.5. The third kappa shape index (κ3) is 3.73. The van der Waals surface area contributed by atoms with Gasteiger partial charge in [-0.1, -0.05) is 44.7 Å². The zero-order valence-corrected chi connectivity index (χ0v) is 14.3. The van der Waals surface area contributed by atoms with E-state index in [2.05, 4.69) is 54.4 Å². The molecule has 0 spiro atoms. The van der Waals surface area contributed by atoms with Crippen molar-refractivity contribution in [3.8, 4) is 0 Å². The molecule has 0 aliphatic carbocycles. The molecular weight excluding hydrogens is 373 g/mol. The molecule has 0 radical (unpaired) electrons. The minimum Gasteiger partial charge on any atom is -0.321 e. The Balaban J connectivity index is 2.29. The molecule has 21 heavy (non-hydrogen) atoms. The van der Waals surface area contributed by atoms with E-state index < -0.39 is 0 Å². The standard InChI is InChI=1S/C18H18INO/c1-4-13-11-14(12(2)3)9-10-17(13)20-18(21)15-7-5-6-8-16(15)19/h4-12H,1H2,2-3H3,(H,20,21). The molecule has 2 rings (SSSR count). The van der Waals surface area contributed by atoms with Crippen molar-refractivity contribution in [3.05, 3.63) is 69.3 Å². The second-order valence-electron chi connectivity index (χ2n) is 5.14. The molecule has 0 saturated heterocycles. The highest BCUT2D eigenvalue weighted by Crippen LogP contribution is 2.24. The van der Waals surface area contributed by atoms with Crippen LogP contribution in [0.25, 0.3) is 6.08 Å². The maximum Gasteiger partial charge on any atom is 0.256 e. The maximum absolute atomic E-state index is 12.4. The Morgan fingerprint density at radius 3 is 2.57 bits per heavy atom. The third-order valence-electron chi connectivity index (χ3n) is 3.33. The van der Waals surface area contributed by atoms with Crippen LogP contribution in [0.3, 0.4) is 0 Å². The molecule has 2 aromatic carbocycles. The van der Waals surface area contributed by atoms with Crippen molar-refractivity contribution in [1.29, 1.82) is 0 Å². The lowest BCUT2D eigenvalue weighted by Crippen LogP contribution is -2.14. The van der Waals surface area contributed by atoms with E-state index in [-0.39, 0.29) is 5.91 Å². The van der Waals surface area contributed by atoms with E-state index in [0.29, 0.717) is 11.5 Å². The Morgan fingerprint density at radius 2 is 1.95 bits per heavy atom. The minimum atomic E-state index is -0.0969. The molecule has 0 aromatic heterocycles. The number of rotatable bonds is 4. The van der Waals surface area contributed by atoms with Crippen molar-refractivity contribution in [3.63, 3.8) is 0 Å². The van der Waals surface area contributed by atoms with Gasteiger partial charge in [0.25, 0.3) is 5.91 Å². The Kier molecular flexibility index (Phi) is 5.17. The van der Waals surface area contributed by atoms with Crippen molar-refractivity contribution in [2.75, 3.05) is 5.32 Å². The summed E-state index contributed by atoms with van der Waals surface area (Å²) in [5.74, 6) is 0.351. The number of anilines is 1. The number of halogens is 1. The molecule has 1 N–H and O–H groups in total. The predicted octanol–water partition coefficient (Wildman–Crippen LogP) is 5.31. The van der Waals surface area contributed by atoms with E-state index in [1.807, 2.05) is 36.4 Å². The van der Waals surface area contributed by atoms with Crippen molar-refractivity contribution < 1.29 is 4.79 Å². The highest BCUT2D eigenvalue weighted by Gasteiger charge is 2.11. The van der Waals surface area contributed by atoms with Crippen LogP contribution in [0.4, 0.5) is 5.69 Å². The molecule has 0 atom stereocenters. The zero-order valence-electron chi connectivity index (χ0n) is 12.2. The number of hydrogen-bond donors (Lipinski definition) is 1. The van der Waals surface area contributed by atoms with Crippen molar-refractivity contribution >= 4 is 40.3 Å². The van der Waals surface area contributed by atoms with Gasteiger partial charge in [-0.05, 0) is 63.9 Å². The van der Waals surface area contributed by atoms with Gasteiger partial charge in [-0.2, -0.15) is 0 Å². The first-order valence-corrected chi connectivity index (χ1v) is 7.93. The lowest BCUT2D eigenvalue weighted by molar-refractivity contribution is 0.102. The molecule has 0 aliphatic heterocycles. The molecule has 3 heteroatoms. The highest BCUT2D eigenvalue weighted by molar-refractivity contribution is 14.1. The van der Waals surface area contributed by atoms with Gasteiger partial charge < -0.3 is 5.32 Å². The van der Waals surface area contributed by atoms with E-state index >= 15 is 0 Å². The quantitative estimate of drug-likeness (QED) is 0.704. The van der Waals surface area contributed by atoms with Gasteiger partial charge in [-0.15, -0.1) is 0 Å². The zero-order chi connectivity index (χ0) is 15.4. The number of amides is 1. The van der Waals surface area contributed by atoms with Crippen LogP contribution in [0.2, 0.25) is 0 Å². The SMILES string of the molecule is C=Cc1cc(C(C)C)ccc1NC(=O)c1ccccc1I. The van der Waals surface area contributed by atoms with Crippen LogP contribution < -0.4 is 5.32 Å². The Morgan fingerprint density at radius 1 is 1.24 bits per heavy atom. The molecule has 0 saturated carbocycles. The molecular formula is C18H18INO. The summed E-state index contributed by atoms with van der Waals surface area (Å²) in [6, 6.07) is 13.6. The number of hydrogen-bond acceptors (Lipinski definition) is 1. The van der Waals surface area contributed by atoms with Gasteiger partial charge in [0.15, 0.2) is 0 Å². The van der Waals surface area contributed by atoms with Gasteiger partial charge in [0, 0.05) is 9.26 Å². The van der Waals surface area contributed by atoms with Crippen LogP contribution in [0.5, 0.6) is 0 Å². The number of benzene rings is 2. The molecule has 0 aliphatic rings. The number of carbonyl (C=O) groups is 1. The summed E-state index contributed by atoms with van der Waals surface area (Å²) in [6.07, 6.45) is 1.78. The van der Waals surface area contributed by atoms with E-state index in [9.17, 15) is 4.79 Å². The van der Waals surface area contributed by atoms with Crippen LogP contribution in [0, 0.1) is 3.57 Å². The molecule has 108 valence electrons. The second-order valence-corrected chi connectivity index (χ2v) is 6.30. The summed E-state index contributed by atoms with van der Waals surface area (Å²) in [6.45, 7) is 8.13. The van der Waals surface area contributed by atoms with Gasteiger partial charge in [0.1, 0.15) is 0 Å². The monoisotopic (exact) mass is 391 g/mol. The lowest BCUT2D eigenvalue weighted by Gasteiger charge is -2.13. The largest absolute Gasteiger partial charge is 0.321 e. The van der Waals surface area contributed by atoms with Crippen LogP contribution in [-0.2, 0) is 0 Å². The molecule has 0 bridgehead atoms. The Hall–Kier alpha value is -1.62. The van der Waals surface area contributed by atoms with E-state index in [0.717, 1.165) is 14.8 Å². The smallest absolute Gasteiger partial charge is 0.256 e. The summed E-state index contributed by atoms with van der Waals surface area (Å²) >= 11 is 2.17. The Labute approximate surface area is 139 Å². The average Bonchev–Trinajstić information content (AvgIpc) is 2.47. The summed E-state index contributed by atoms with van der Waals surface area (Å²) < 4.78 is 0.937. The first-order valence-electron chi connectivity index (χ1n) is 6.85. The highest BCUT2D eigenvalue weighted by atomic mass is 127. The third-order valence-corrected chi connectivity index (χ3v) is 4.27. The average molecular weight is 391 g/mol. The molecule has 2 aromatic rings. The maximum atomic E-state index is 12.4. The predicted molar refractivity (Wildman–Crippen MR) is 97.7 cm³/mol. The van der Waals surface area contributed by atoms with Crippen molar-refractivity contribution in [2.45, 2.75) is 19.8 Å². The van der Waals surface area contributed by atoms with Gasteiger partial charge in [-0.3, -0.25) is 4.79 Å². The van der Waals surface area contributed by atoms with Crippen LogP contribution in [-0.4, -0.2) is 5.91 Å². The first kappa shape index (κ1) is 15.8. The van der Waals surface area contributed by atoms with Crippen molar-refractivity contribution in [1.82, 2.24) is 0 Å². The first-order chi connectivity index (χ1) is 10.0. The van der Waals surface area contributed by atoms with Crippen LogP contribution in [0.1, 0.15) is 41.3 Å². The van der Waals surface area contributed by atoms with E-state index in [4.69, 9.17) is 0 Å².